The Labute approximate surface area is 95.5 Å². The van der Waals surface area contributed by atoms with Crippen LogP contribution in [-0.2, 0) is 14.3 Å². The van der Waals surface area contributed by atoms with Crippen molar-refractivity contribution in [3.05, 3.63) is 0 Å². The summed E-state index contributed by atoms with van der Waals surface area (Å²) in [7, 11) is 0. The Kier molecular flexibility index (Phi) is 5.71. The van der Waals surface area contributed by atoms with E-state index in [9.17, 15) is 14.4 Å². The largest absolute Gasteiger partial charge is 0.444 e. The number of rotatable bonds is 5. The van der Waals surface area contributed by atoms with E-state index < -0.39 is 17.7 Å². The van der Waals surface area contributed by atoms with Gasteiger partial charge in [-0.1, -0.05) is 6.92 Å². The van der Waals surface area contributed by atoms with Gasteiger partial charge in [0, 0.05) is 5.92 Å². The lowest BCUT2D eigenvalue weighted by atomic mass is 10.0. The Hall–Kier alpha value is -1.39. The minimum absolute atomic E-state index is 0.273. The van der Waals surface area contributed by atoms with Gasteiger partial charge in [-0.15, -0.1) is 0 Å². The third kappa shape index (κ3) is 6.98. The summed E-state index contributed by atoms with van der Waals surface area (Å²) in [5.74, 6) is -0.273. The molecule has 2 atom stereocenters. The lowest BCUT2D eigenvalue weighted by molar-refractivity contribution is -0.112. The van der Waals surface area contributed by atoms with Gasteiger partial charge in [0.15, 0.2) is 0 Å². The first-order valence-corrected chi connectivity index (χ1v) is 5.18. The standard InChI is InChI=1S/C11H19NO4/c1-8(6-13)5-9(7-14)12-10(15)16-11(2,3)4/h6-9H,5H2,1-4H3,(H,12,15)/t8-,9-/m0/s1. The third-order valence-electron chi connectivity index (χ3n) is 1.72. The van der Waals surface area contributed by atoms with Crippen LogP contribution in [0.4, 0.5) is 4.79 Å². The van der Waals surface area contributed by atoms with Crippen molar-refractivity contribution in [3.8, 4) is 0 Å². The molecule has 0 aliphatic rings. The van der Waals surface area contributed by atoms with Gasteiger partial charge in [-0.2, -0.15) is 0 Å². The van der Waals surface area contributed by atoms with Crippen molar-refractivity contribution in [2.45, 2.75) is 45.8 Å². The van der Waals surface area contributed by atoms with E-state index in [4.69, 9.17) is 4.74 Å². The van der Waals surface area contributed by atoms with Crippen LogP contribution in [-0.4, -0.2) is 30.3 Å². The predicted molar refractivity (Wildman–Crippen MR) is 59.1 cm³/mol. The Morgan fingerprint density at radius 1 is 1.31 bits per heavy atom. The Morgan fingerprint density at radius 3 is 2.25 bits per heavy atom. The van der Waals surface area contributed by atoms with Crippen LogP contribution in [0.3, 0.4) is 0 Å². The van der Waals surface area contributed by atoms with Crippen LogP contribution < -0.4 is 5.32 Å². The van der Waals surface area contributed by atoms with E-state index in [1.807, 2.05) is 0 Å². The number of carbonyl (C=O) groups excluding carboxylic acids is 3. The molecule has 0 unspecified atom stereocenters. The lowest BCUT2D eigenvalue weighted by Crippen LogP contribution is -2.40. The van der Waals surface area contributed by atoms with Crippen LogP contribution in [0.15, 0.2) is 0 Å². The minimum atomic E-state index is -0.685. The summed E-state index contributed by atoms with van der Waals surface area (Å²) in [5, 5.41) is 2.40. The van der Waals surface area contributed by atoms with Crippen LogP contribution in [0.2, 0.25) is 0 Å². The van der Waals surface area contributed by atoms with Crippen molar-refractivity contribution in [2.24, 2.45) is 5.92 Å². The average Bonchev–Trinajstić information content (AvgIpc) is 2.13. The van der Waals surface area contributed by atoms with E-state index in [-0.39, 0.29) is 12.3 Å². The van der Waals surface area contributed by atoms with E-state index in [0.717, 1.165) is 6.29 Å². The molecule has 0 aromatic heterocycles. The summed E-state index contributed by atoms with van der Waals surface area (Å²) in [6.45, 7) is 6.88. The summed E-state index contributed by atoms with van der Waals surface area (Å²) < 4.78 is 4.99. The third-order valence-corrected chi connectivity index (χ3v) is 1.72. The second-order valence-electron chi connectivity index (χ2n) is 4.74. The van der Waals surface area contributed by atoms with Crippen LogP contribution in [0, 0.1) is 5.92 Å². The van der Waals surface area contributed by atoms with Crippen molar-refractivity contribution in [1.82, 2.24) is 5.32 Å². The van der Waals surface area contributed by atoms with E-state index >= 15 is 0 Å². The molecule has 92 valence electrons. The molecule has 5 nitrogen and oxygen atoms in total. The van der Waals surface area contributed by atoms with Crippen molar-refractivity contribution in [3.63, 3.8) is 0 Å². The molecule has 0 aliphatic heterocycles. The molecule has 0 aromatic carbocycles. The Morgan fingerprint density at radius 2 is 1.88 bits per heavy atom. The average molecular weight is 229 g/mol. The molecule has 0 rings (SSSR count). The Balaban J connectivity index is 4.17. The zero-order valence-corrected chi connectivity index (χ0v) is 10.1. The number of alkyl carbamates (subject to hydrolysis) is 1. The number of amides is 1. The van der Waals surface area contributed by atoms with Crippen molar-refractivity contribution in [1.29, 1.82) is 0 Å². The molecular weight excluding hydrogens is 210 g/mol. The number of hydrogen-bond donors (Lipinski definition) is 1. The quantitative estimate of drug-likeness (QED) is 0.721. The van der Waals surface area contributed by atoms with Crippen LogP contribution in [0.1, 0.15) is 34.1 Å². The van der Waals surface area contributed by atoms with Crippen molar-refractivity contribution >= 4 is 18.7 Å². The van der Waals surface area contributed by atoms with E-state index in [0.29, 0.717) is 6.29 Å². The first-order chi connectivity index (χ1) is 7.28. The maximum absolute atomic E-state index is 11.3. The molecule has 0 aromatic rings. The van der Waals surface area contributed by atoms with Crippen LogP contribution >= 0.6 is 0 Å². The van der Waals surface area contributed by atoms with Gasteiger partial charge in [-0.3, -0.25) is 0 Å². The molecule has 0 fully saturated rings. The van der Waals surface area contributed by atoms with Gasteiger partial charge in [0.2, 0.25) is 0 Å². The van der Waals surface area contributed by atoms with Crippen molar-refractivity contribution in [2.75, 3.05) is 0 Å². The molecule has 0 saturated heterocycles. The zero-order valence-electron chi connectivity index (χ0n) is 10.1. The summed E-state index contributed by atoms with van der Waals surface area (Å²) in [6, 6.07) is -0.685. The number of hydrogen-bond acceptors (Lipinski definition) is 4. The molecule has 5 heteroatoms. The monoisotopic (exact) mass is 229 g/mol. The van der Waals surface area contributed by atoms with E-state index in [2.05, 4.69) is 5.32 Å². The number of aldehydes is 2. The molecule has 16 heavy (non-hydrogen) atoms. The zero-order chi connectivity index (χ0) is 12.8. The lowest BCUT2D eigenvalue weighted by Gasteiger charge is -2.21. The van der Waals surface area contributed by atoms with Gasteiger partial charge in [0.1, 0.15) is 18.2 Å². The fourth-order valence-electron chi connectivity index (χ4n) is 1.06. The summed E-state index contributed by atoms with van der Waals surface area (Å²) in [5.41, 5.74) is -0.603. The highest BCUT2D eigenvalue weighted by molar-refractivity contribution is 5.73. The second-order valence-corrected chi connectivity index (χ2v) is 4.74. The predicted octanol–water partition coefficient (Wildman–Crippen LogP) is 1.30. The SMILES string of the molecule is C[C@H](C=O)C[C@@H](C=O)NC(=O)OC(C)(C)C. The maximum atomic E-state index is 11.3. The topological polar surface area (TPSA) is 72.5 Å². The molecule has 0 bridgehead atoms. The first kappa shape index (κ1) is 14.6. The maximum Gasteiger partial charge on any atom is 0.408 e. The molecule has 0 aliphatic carbocycles. The van der Waals surface area contributed by atoms with Crippen LogP contribution in [0.25, 0.3) is 0 Å². The molecule has 0 heterocycles. The highest BCUT2D eigenvalue weighted by Crippen LogP contribution is 2.08. The molecule has 0 radical (unpaired) electrons. The number of carbonyl (C=O) groups is 3. The number of ether oxygens (including phenoxy) is 1. The molecule has 0 saturated carbocycles. The summed E-state index contributed by atoms with van der Waals surface area (Å²) >= 11 is 0. The highest BCUT2D eigenvalue weighted by atomic mass is 16.6. The molecule has 1 N–H and O–H groups in total. The van der Waals surface area contributed by atoms with E-state index in [1.54, 1.807) is 27.7 Å². The van der Waals surface area contributed by atoms with Gasteiger partial charge in [0.25, 0.3) is 0 Å². The smallest absolute Gasteiger partial charge is 0.408 e. The minimum Gasteiger partial charge on any atom is -0.444 e. The summed E-state index contributed by atoms with van der Waals surface area (Å²) in [6.07, 6.45) is 0.978. The summed E-state index contributed by atoms with van der Waals surface area (Å²) in [4.78, 5) is 32.4. The van der Waals surface area contributed by atoms with Gasteiger partial charge < -0.3 is 19.6 Å². The fourth-order valence-corrected chi connectivity index (χ4v) is 1.06. The Bertz CT molecular complexity index is 257. The van der Waals surface area contributed by atoms with Gasteiger partial charge >= 0.3 is 6.09 Å². The van der Waals surface area contributed by atoms with E-state index in [1.165, 1.54) is 0 Å². The van der Waals surface area contributed by atoms with Gasteiger partial charge in [0.05, 0.1) is 6.04 Å². The van der Waals surface area contributed by atoms with Crippen LogP contribution in [0.5, 0.6) is 0 Å². The first-order valence-electron chi connectivity index (χ1n) is 5.18. The highest BCUT2D eigenvalue weighted by Gasteiger charge is 2.20. The number of nitrogens with one attached hydrogen (secondary N) is 1. The molecule has 0 spiro atoms. The normalized spacial score (nSPS) is 14.8. The fraction of sp³-hybridized carbons (Fsp3) is 0.727. The molecule has 1 amide bonds. The van der Waals surface area contributed by atoms with Gasteiger partial charge in [-0.25, -0.2) is 4.79 Å². The van der Waals surface area contributed by atoms with Crippen molar-refractivity contribution < 1.29 is 19.1 Å². The molecular formula is C11H19NO4. The van der Waals surface area contributed by atoms with Gasteiger partial charge in [-0.05, 0) is 27.2 Å². The second kappa shape index (κ2) is 6.25.